The minimum atomic E-state index is -0.456. The molecule has 2 N–H and O–H groups in total. The first-order valence-electron chi connectivity index (χ1n) is 8.81. The van der Waals surface area contributed by atoms with Gasteiger partial charge in [-0.2, -0.15) is 5.10 Å². The van der Waals surface area contributed by atoms with Crippen LogP contribution in [0.3, 0.4) is 0 Å². The molecule has 0 amide bonds. The number of hydrogen-bond acceptors (Lipinski definition) is 4. The van der Waals surface area contributed by atoms with Crippen LogP contribution in [-0.4, -0.2) is 39.2 Å². The van der Waals surface area contributed by atoms with Crippen molar-refractivity contribution < 1.29 is 9.50 Å². The second kappa shape index (κ2) is 9.02. The highest BCUT2D eigenvalue weighted by atomic mass is 35.5. The number of rotatable bonds is 5. The summed E-state index contributed by atoms with van der Waals surface area (Å²) in [5.74, 6) is 6.55. The van der Waals surface area contributed by atoms with E-state index in [1.54, 1.807) is 24.7 Å². The molecule has 1 aliphatic rings. The summed E-state index contributed by atoms with van der Waals surface area (Å²) in [5.41, 5.74) is 2.35. The lowest BCUT2D eigenvalue weighted by Crippen LogP contribution is -2.27. The van der Waals surface area contributed by atoms with E-state index in [-0.39, 0.29) is 13.2 Å². The molecule has 3 rings (SSSR count). The summed E-state index contributed by atoms with van der Waals surface area (Å²) < 4.78 is 13.9. The van der Waals surface area contributed by atoms with Crippen molar-refractivity contribution in [1.82, 2.24) is 14.8 Å². The molecule has 2 aromatic rings. The van der Waals surface area contributed by atoms with Gasteiger partial charge in [0.05, 0.1) is 29.6 Å². The van der Waals surface area contributed by atoms with Crippen LogP contribution in [0.4, 0.5) is 10.1 Å². The van der Waals surface area contributed by atoms with Crippen LogP contribution < -0.4 is 5.32 Å². The molecule has 0 spiro atoms. The minimum Gasteiger partial charge on any atom is -0.396 e. The SMILES string of the molecule is OCC1CCC(Nc2cc(Cl)ncc2C#Cc2cnn(CCF)c2)CC1. The smallest absolute Gasteiger partial charge is 0.131 e. The molecular weight excluding hydrogens is 355 g/mol. The maximum atomic E-state index is 12.4. The summed E-state index contributed by atoms with van der Waals surface area (Å²) in [5, 5.41) is 17.3. The van der Waals surface area contributed by atoms with Gasteiger partial charge in [0.15, 0.2) is 0 Å². The number of aliphatic hydroxyl groups excluding tert-OH is 1. The van der Waals surface area contributed by atoms with E-state index in [0.29, 0.717) is 17.1 Å². The Bertz CT molecular complexity index is 790. The van der Waals surface area contributed by atoms with Gasteiger partial charge in [0.2, 0.25) is 0 Å². The van der Waals surface area contributed by atoms with Gasteiger partial charge in [0.1, 0.15) is 11.8 Å². The highest BCUT2D eigenvalue weighted by Gasteiger charge is 2.21. The Morgan fingerprint density at radius 3 is 2.81 bits per heavy atom. The van der Waals surface area contributed by atoms with Gasteiger partial charge in [-0.1, -0.05) is 23.4 Å². The molecule has 1 fully saturated rings. The summed E-state index contributed by atoms with van der Waals surface area (Å²) in [6.07, 6.45) is 9.04. The molecule has 0 saturated heterocycles. The summed E-state index contributed by atoms with van der Waals surface area (Å²) in [6.45, 7) is 0.0381. The van der Waals surface area contributed by atoms with Crippen molar-refractivity contribution in [1.29, 1.82) is 0 Å². The Balaban J connectivity index is 1.73. The van der Waals surface area contributed by atoms with Gasteiger partial charge >= 0.3 is 0 Å². The number of alkyl halides is 1. The van der Waals surface area contributed by atoms with Crippen LogP contribution in [0, 0.1) is 17.8 Å². The molecule has 1 aliphatic carbocycles. The summed E-state index contributed by atoms with van der Waals surface area (Å²) >= 11 is 6.05. The van der Waals surface area contributed by atoms with Crippen LogP contribution in [0.25, 0.3) is 0 Å². The number of nitrogens with zero attached hydrogens (tertiary/aromatic N) is 3. The molecule has 0 radical (unpaired) electrons. The fourth-order valence-electron chi connectivity index (χ4n) is 3.13. The first-order chi connectivity index (χ1) is 12.7. The summed E-state index contributed by atoms with van der Waals surface area (Å²) in [7, 11) is 0. The lowest BCUT2D eigenvalue weighted by atomic mass is 9.86. The zero-order valence-corrected chi connectivity index (χ0v) is 15.2. The fourth-order valence-corrected chi connectivity index (χ4v) is 3.29. The second-order valence-corrected chi connectivity index (χ2v) is 6.92. The number of aliphatic hydroxyl groups is 1. The number of aromatic nitrogens is 3. The predicted octanol–water partition coefficient (Wildman–Crippen LogP) is 3.26. The topological polar surface area (TPSA) is 63.0 Å². The lowest BCUT2D eigenvalue weighted by Gasteiger charge is -2.29. The second-order valence-electron chi connectivity index (χ2n) is 6.53. The van der Waals surface area contributed by atoms with Crippen LogP contribution in [0.2, 0.25) is 5.15 Å². The van der Waals surface area contributed by atoms with Crippen molar-refractivity contribution in [3.63, 3.8) is 0 Å². The molecule has 0 atom stereocenters. The monoisotopic (exact) mass is 376 g/mol. The van der Waals surface area contributed by atoms with E-state index < -0.39 is 6.67 Å². The Labute approximate surface area is 157 Å². The van der Waals surface area contributed by atoms with Crippen molar-refractivity contribution >= 4 is 17.3 Å². The molecule has 1 saturated carbocycles. The molecule has 0 aliphatic heterocycles. The molecule has 5 nitrogen and oxygen atoms in total. The van der Waals surface area contributed by atoms with Gasteiger partial charge in [-0.05, 0) is 37.7 Å². The average molecular weight is 377 g/mol. The number of hydrogen-bond donors (Lipinski definition) is 2. The van der Waals surface area contributed by atoms with Gasteiger partial charge < -0.3 is 10.4 Å². The van der Waals surface area contributed by atoms with E-state index in [4.69, 9.17) is 11.6 Å². The van der Waals surface area contributed by atoms with E-state index in [2.05, 4.69) is 27.2 Å². The third-order valence-electron chi connectivity index (χ3n) is 4.62. The molecule has 0 aromatic carbocycles. The zero-order chi connectivity index (χ0) is 18.4. The van der Waals surface area contributed by atoms with Crippen molar-refractivity contribution in [2.45, 2.75) is 38.3 Å². The highest BCUT2D eigenvalue weighted by molar-refractivity contribution is 6.29. The van der Waals surface area contributed by atoms with E-state index in [1.807, 2.05) is 0 Å². The Kier molecular flexibility index (Phi) is 6.48. The first kappa shape index (κ1) is 18.7. The van der Waals surface area contributed by atoms with Crippen molar-refractivity contribution in [3.8, 4) is 11.8 Å². The Hall–Kier alpha value is -2.10. The largest absolute Gasteiger partial charge is 0.396 e. The van der Waals surface area contributed by atoms with E-state index in [1.165, 1.54) is 4.68 Å². The first-order valence-corrected chi connectivity index (χ1v) is 9.19. The van der Waals surface area contributed by atoms with E-state index in [9.17, 15) is 9.50 Å². The van der Waals surface area contributed by atoms with Gasteiger partial charge in [0, 0.05) is 25.0 Å². The minimum absolute atomic E-state index is 0.230. The molecule has 0 bridgehead atoms. The predicted molar refractivity (Wildman–Crippen MR) is 99.9 cm³/mol. The molecular formula is C19H22ClFN4O. The Morgan fingerprint density at radius 2 is 2.08 bits per heavy atom. The fraction of sp³-hybridized carbons (Fsp3) is 0.474. The van der Waals surface area contributed by atoms with Crippen LogP contribution in [0.15, 0.2) is 24.7 Å². The molecule has 0 unspecified atom stereocenters. The quantitative estimate of drug-likeness (QED) is 0.621. The molecule has 2 heterocycles. The van der Waals surface area contributed by atoms with Crippen molar-refractivity contribution in [3.05, 3.63) is 40.9 Å². The van der Waals surface area contributed by atoms with Gasteiger partial charge in [-0.15, -0.1) is 0 Å². The highest BCUT2D eigenvalue weighted by Crippen LogP contribution is 2.28. The van der Waals surface area contributed by atoms with Crippen LogP contribution in [0.5, 0.6) is 0 Å². The van der Waals surface area contributed by atoms with Crippen LogP contribution >= 0.6 is 11.6 Å². The number of halogens is 2. The normalized spacial score (nSPS) is 19.7. The van der Waals surface area contributed by atoms with E-state index >= 15 is 0 Å². The maximum Gasteiger partial charge on any atom is 0.131 e. The Morgan fingerprint density at radius 1 is 1.27 bits per heavy atom. The standard InChI is InChI=1S/C19H22ClFN4O/c20-19-9-18(24-17-5-2-14(13-26)3-6-17)16(11-22-19)4-1-15-10-23-25(12-15)8-7-21/h9-12,14,17,26H,2-3,5-8,13H2,(H,22,24). The molecule has 7 heteroatoms. The third-order valence-corrected chi connectivity index (χ3v) is 4.83. The summed E-state index contributed by atoms with van der Waals surface area (Å²) in [6, 6.07) is 2.13. The molecule has 26 heavy (non-hydrogen) atoms. The van der Waals surface area contributed by atoms with Gasteiger partial charge in [-0.25, -0.2) is 9.37 Å². The average Bonchev–Trinajstić information content (AvgIpc) is 3.09. The number of aryl methyl sites for hydroxylation is 1. The van der Waals surface area contributed by atoms with Crippen molar-refractivity contribution in [2.75, 3.05) is 18.6 Å². The van der Waals surface area contributed by atoms with Crippen LogP contribution in [-0.2, 0) is 6.54 Å². The maximum absolute atomic E-state index is 12.4. The third kappa shape index (κ3) is 4.96. The summed E-state index contributed by atoms with van der Waals surface area (Å²) in [4.78, 5) is 4.12. The molecule has 2 aromatic heterocycles. The van der Waals surface area contributed by atoms with Gasteiger partial charge in [0.25, 0.3) is 0 Å². The number of nitrogens with one attached hydrogen (secondary N) is 1. The number of pyridine rings is 1. The van der Waals surface area contributed by atoms with Gasteiger partial charge in [-0.3, -0.25) is 4.68 Å². The number of anilines is 1. The lowest BCUT2D eigenvalue weighted by molar-refractivity contribution is 0.186. The zero-order valence-electron chi connectivity index (χ0n) is 14.5. The van der Waals surface area contributed by atoms with Crippen LogP contribution in [0.1, 0.15) is 36.8 Å². The molecule has 138 valence electrons. The van der Waals surface area contributed by atoms with Crippen molar-refractivity contribution in [2.24, 2.45) is 5.92 Å². The van der Waals surface area contributed by atoms with E-state index in [0.717, 1.165) is 42.5 Å².